The van der Waals surface area contributed by atoms with Gasteiger partial charge in [-0.05, 0) is 23.8 Å². The molecule has 0 bridgehead atoms. The van der Waals surface area contributed by atoms with Gasteiger partial charge in [-0.2, -0.15) is 0 Å². The monoisotopic (exact) mass is 384 g/mol. The van der Waals surface area contributed by atoms with Gasteiger partial charge in [0.25, 0.3) is 5.91 Å². The molecule has 7 heteroatoms. The number of hydrogen-bond donors (Lipinski definition) is 2. The topological polar surface area (TPSA) is 93.7 Å². The van der Waals surface area contributed by atoms with Crippen LogP contribution in [-0.2, 0) is 25.6 Å². The molecule has 2 N–H and O–H groups in total. The average molecular weight is 384 g/mol. The smallest absolute Gasteiger partial charge is 0.306 e. The highest BCUT2D eigenvalue weighted by molar-refractivity contribution is 5.97. The van der Waals surface area contributed by atoms with Crippen LogP contribution in [0.2, 0.25) is 0 Å². The Balaban J connectivity index is 1.80. The van der Waals surface area contributed by atoms with E-state index in [0.29, 0.717) is 24.4 Å². The van der Waals surface area contributed by atoms with Crippen LogP contribution in [0.25, 0.3) is 0 Å². The first-order valence-electron chi connectivity index (χ1n) is 8.95. The predicted octanol–water partition coefficient (Wildman–Crippen LogP) is 2.52. The molecule has 0 spiro atoms. The largest absolute Gasteiger partial charge is 0.463 e. The Morgan fingerprint density at radius 1 is 0.929 bits per heavy atom. The third-order valence-corrected chi connectivity index (χ3v) is 3.81. The molecular formula is C21H24N2O5. The summed E-state index contributed by atoms with van der Waals surface area (Å²) in [6.45, 7) is 0.898. The number of anilines is 1. The van der Waals surface area contributed by atoms with Crippen LogP contribution < -0.4 is 10.6 Å². The number of ether oxygens (including phenoxy) is 2. The number of carbonyl (C=O) groups excluding carboxylic acids is 3. The summed E-state index contributed by atoms with van der Waals surface area (Å²) < 4.78 is 9.68. The van der Waals surface area contributed by atoms with E-state index < -0.39 is 5.97 Å². The standard InChI is InChI=1S/C21H24N2O5/c1-27-12-13-28-20(25)11-10-19(24)23-18-9-5-8-17(14-18)21(26)22-15-16-6-3-2-4-7-16/h2-9,14H,10-13,15H2,1H3,(H,22,26)(H,23,24). The zero-order valence-corrected chi connectivity index (χ0v) is 15.8. The zero-order chi connectivity index (χ0) is 20.2. The van der Waals surface area contributed by atoms with E-state index in [1.807, 2.05) is 30.3 Å². The number of nitrogens with one attached hydrogen (secondary N) is 2. The Kier molecular flexibility index (Phi) is 8.68. The number of amides is 2. The van der Waals surface area contributed by atoms with Crippen molar-refractivity contribution in [2.75, 3.05) is 25.6 Å². The average Bonchev–Trinajstić information content (AvgIpc) is 2.71. The second-order valence-corrected chi connectivity index (χ2v) is 6.01. The van der Waals surface area contributed by atoms with E-state index in [4.69, 9.17) is 9.47 Å². The highest BCUT2D eigenvalue weighted by Gasteiger charge is 2.10. The minimum Gasteiger partial charge on any atom is -0.463 e. The third kappa shape index (κ3) is 7.59. The predicted molar refractivity (Wildman–Crippen MR) is 105 cm³/mol. The van der Waals surface area contributed by atoms with Gasteiger partial charge in [-0.3, -0.25) is 14.4 Å². The maximum absolute atomic E-state index is 12.3. The molecule has 0 radical (unpaired) electrons. The molecule has 0 heterocycles. The molecule has 0 aliphatic heterocycles. The zero-order valence-electron chi connectivity index (χ0n) is 15.8. The minimum atomic E-state index is -0.457. The lowest BCUT2D eigenvalue weighted by atomic mass is 10.1. The molecular weight excluding hydrogens is 360 g/mol. The molecule has 0 aromatic heterocycles. The van der Waals surface area contributed by atoms with Gasteiger partial charge in [0.2, 0.25) is 5.91 Å². The SMILES string of the molecule is COCCOC(=O)CCC(=O)Nc1cccc(C(=O)NCc2ccccc2)c1. The highest BCUT2D eigenvalue weighted by Crippen LogP contribution is 2.12. The molecule has 0 unspecified atom stereocenters. The number of benzene rings is 2. The van der Waals surface area contributed by atoms with Crippen LogP contribution in [0.4, 0.5) is 5.69 Å². The van der Waals surface area contributed by atoms with Crippen molar-refractivity contribution in [3.05, 3.63) is 65.7 Å². The number of methoxy groups -OCH3 is 1. The lowest BCUT2D eigenvalue weighted by molar-refractivity contribution is -0.145. The van der Waals surface area contributed by atoms with Gasteiger partial charge in [0, 0.05) is 31.3 Å². The van der Waals surface area contributed by atoms with Gasteiger partial charge in [0.1, 0.15) is 6.61 Å². The first-order chi connectivity index (χ1) is 13.6. The summed E-state index contributed by atoms with van der Waals surface area (Å²) in [4.78, 5) is 35.8. The highest BCUT2D eigenvalue weighted by atomic mass is 16.6. The summed E-state index contributed by atoms with van der Waals surface area (Å²) >= 11 is 0. The first kappa shape index (κ1) is 21.1. The fraction of sp³-hybridized carbons (Fsp3) is 0.286. The molecule has 0 saturated heterocycles. The van der Waals surface area contributed by atoms with Crippen molar-refractivity contribution < 1.29 is 23.9 Å². The summed E-state index contributed by atoms with van der Waals surface area (Å²) in [6.07, 6.45) is -0.0248. The van der Waals surface area contributed by atoms with Gasteiger partial charge >= 0.3 is 5.97 Å². The van der Waals surface area contributed by atoms with Crippen LogP contribution in [0, 0.1) is 0 Å². The van der Waals surface area contributed by atoms with E-state index in [1.165, 1.54) is 7.11 Å². The van der Waals surface area contributed by atoms with Crippen LogP contribution in [0.15, 0.2) is 54.6 Å². The number of esters is 1. The normalized spacial score (nSPS) is 10.2. The fourth-order valence-electron chi connectivity index (χ4n) is 2.37. The van der Waals surface area contributed by atoms with Crippen molar-refractivity contribution in [2.24, 2.45) is 0 Å². The molecule has 0 atom stereocenters. The quantitative estimate of drug-likeness (QED) is 0.485. The van der Waals surface area contributed by atoms with E-state index in [1.54, 1.807) is 24.3 Å². The molecule has 0 saturated carbocycles. The first-order valence-corrected chi connectivity index (χ1v) is 8.95. The molecule has 28 heavy (non-hydrogen) atoms. The van der Waals surface area contributed by atoms with E-state index in [9.17, 15) is 14.4 Å². The van der Waals surface area contributed by atoms with Gasteiger partial charge in [-0.15, -0.1) is 0 Å². The summed E-state index contributed by atoms with van der Waals surface area (Å²) in [5, 5.41) is 5.52. The van der Waals surface area contributed by atoms with E-state index in [0.717, 1.165) is 5.56 Å². The van der Waals surface area contributed by atoms with Gasteiger partial charge in [0.05, 0.1) is 13.0 Å². The molecule has 0 fully saturated rings. The maximum Gasteiger partial charge on any atom is 0.306 e. The van der Waals surface area contributed by atoms with E-state index >= 15 is 0 Å². The molecule has 2 aromatic carbocycles. The summed E-state index contributed by atoms with van der Waals surface area (Å²) in [6, 6.07) is 16.2. The Morgan fingerprint density at radius 3 is 2.46 bits per heavy atom. The Morgan fingerprint density at radius 2 is 1.71 bits per heavy atom. The number of carbonyl (C=O) groups is 3. The summed E-state index contributed by atoms with van der Waals surface area (Å²) in [7, 11) is 1.51. The second-order valence-electron chi connectivity index (χ2n) is 6.01. The molecule has 0 aliphatic rings. The lowest BCUT2D eigenvalue weighted by Crippen LogP contribution is -2.23. The Labute approximate surface area is 164 Å². The lowest BCUT2D eigenvalue weighted by Gasteiger charge is -2.09. The molecule has 2 rings (SSSR count). The van der Waals surface area contributed by atoms with Crippen LogP contribution in [0.1, 0.15) is 28.8 Å². The van der Waals surface area contributed by atoms with Crippen molar-refractivity contribution in [3.63, 3.8) is 0 Å². The Bertz CT molecular complexity index is 792. The Hall–Kier alpha value is -3.19. The van der Waals surface area contributed by atoms with Gasteiger partial charge < -0.3 is 20.1 Å². The van der Waals surface area contributed by atoms with Gasteiger partial charge in [-0.1, -0.05) is 36.4 Å². The third-order valence-electron chi connectivity index (χ3n) is 3.81. The molecule has 2 amide bonds. The number of rotatable bonds is 10. The van der Waals surface area contributed by atoms with Crippen LogP contribution in [-0.4, -0.2) is 38.1 Å². The molecule has 148 valence electrons. The van der Waals surface area contributed by atoms with Crippen molar-refractivity contribution in [1.82, 2.24) is 5.32 Å². The van der Waals surface area contributed by atoms with E-state index in [-0.39, 0.29) is 31.3 Å². The maximum atomic E-state index is 12.3. The molecule has 0 aliphatic carbocycles. The molecule has 7 nitrogen and oxygen atoms in total. The van der Waals surface area contributed by atoms with Gasteiger partial charge in [0.15, 0.2) is 0 Å². The second kappa shape index (κ2) is 11.5. The van der Waals surface area contributed by atoms with Gasteiger partial charge in [-0.25, -0.2) is 0 Å². The van der Waals surface area contributed by atoms with Crippen molar-refractivity contribution in [3.8, 4) is 0 Å². The fourth-order valence-corrected chi connectivity index (χ4v) is 2.37. The van der Waals surface area contributed by atoms with Crippen molar-refractivity contribution >= 4 is 23.5 Å². The van der Waals surface area contributed by atoms with Crippen molar-refractivity contribution in [2.45, 2.75) is 19.4 Å². The summed E-state index contributed by atoms with van der Waals surface area (Å²) in [5.41, 5.74) is 1.93. The van der Waals surface area contributed by atoms with Crippen LogP contribution >= 0.6 is 0 Å². The summed E-state index contributed by atoms with van der Waals surface area (Å²) in [5.74, 6) is -1.02. The molecule has 2 aromatic rings. The van der Waals surface area contributed by atoms with E-state index in [2.05, 4.69) is 10.6 Å². The number of hydrogen-bond acceptors (Lipinski definition) is 5. The van der Waals surface area contributed by atoms with Crippen LogP contribution in [0.5, 0.6) is 0 Å². The van der Waals surface area contributed by atoms with Crippen molar-refractivity contribution in [1.29, 1.82) is 0 Å². The van der Waals surface area contributed by atoms with Crippen LogP contribution in [0.3, 0.4) is 0 Å². The minimum absolute atomic E-state index is 0.00372.